The fourth-order valence-corrected chi connectivity index (χ4v) is 2.81. The van der Waals surface area contributed by atoms with Crippen molar-refractivity contribution in [3.05, 3.63) is 44.3 Å². The minimum Gasteiger partial charge on any atom is -0.298 e. The lowest BCUT2D eigenvalue weighted by molar-refractivity contribution is 0.102. The molecule has 1 heterocycles. The molecule has 1 aromatic heterocycles. The van der Waals surface area contributed by atoms with Crippen molar-refractivity contribution < 1.29 is 4.79 Å². The molecule has 0 aliphatic rings. The summed E-state index contributed by atoms with van der Waals surface area (Å²) in [6, 6.07) is 5.05. The zero-order valence-corrected chi connectivity index (χ0v) is 12.0. The van der Waals surface area contributed by atoms with Crippen molar-refractivity contribution >= 4 is 49.9 Å². The number of carbonyl (C=O) groups excluding carboxylic acids is 1. The number of amides is 1. The Bertz CT molecular complexity index is 550. The highest BCUT2D eigenvalue weighted by Crippen LogP contribution is 2.21. The summed E-state index contributed by atoms with van der Waals surface area (Å²) in [5.41, 5.74) is 1.38. The number of thiazole rings is 1. The Morgan fingerprint density at radius 2 is 2.24 bits per heavy atom. The molecule has 1 N–H and O–H groups in total. The number of rotatable bonds is 2. The molecule has 0 radical (unpaired) electrons. The Balaban J connectivity index is 2.19. The molecule has 2 aromatic rings. The van der Waals surface area contributed by atoms with Crippen LogP contribution < -0.4 is 5.32 Å². The fraction of sp³-hybridized carbons (Fsp3) is 0.0909. The standard InChI is InChI=1S/C11H8BrClN2OS/c1-6-5-17-11(14-6)15-10(16)7-2-8(12)4-9(13)3-7/h2-5H,1H3,(H,14,15,16). The number of aryl methyl sites for hydroxylation is 1. The number of hydrogen-bond donors (Lipinski definition) is 1. The van der Waals surface area contributed by atoms with Gasteiger partial charge in [-0.05, 0) is 25.1 Å². The first kappa shape index (κ1) is 12.5. The van der Waals surface area contributed by atoms with Gasteiger partial charge in [0.1, 0.15) is 0 Å². The van der Waals surface area contributed by atoms with Crippen molar-refractivity contribution in [2.75, 3.05) is 5.32 Å². The first-order chi connectivity index (χ1) is 8.04. The van der Waals surface area contributed by atoms with Crippen LogP contribution in [0.2, 0.25) is 5.02 Å². The topological polar surface area (TPSA) is 42.0 Å². The van der Waals surface area contributed by atoms with Crippen LogP contribution in [0.25, 0.3) is 0 Å². The van der Waals surface area contributed by atoms with E-state index >= 15 is 0 Å². The number of nitrogens with zero attached hydrogens (tertiary/aromatic N) is 1. The maximum Gasteiger partial charge on any atom is 0.257 e. The van der Waals surface area contributed by atoms with Gasteiger partial charge in [0.15, 0.2) is 5.13 Å². The molecule has 0 aliphatic carbocycles. The van der Waals surface area contributed by atoms with Crippen LogP contribution in [0, 0.1) is 6.92 Å². The number of anilines is 1. The molecule has 0 spiro atoms. The van der Waals surface area contributed by atoms with Crippen molar-refractivity contribution in [1.82, 2.24) is 4.98 Å². The average molecular weight is 332 g/mol. The molecule has 0 bridgehead atoms. The summed E-state index contributed by atoms with van der Waals surface area (Å²) in [7, 11) is 0. The third-order valence-corrected chi connectivity index (χ3v) is 3.52. The predicted molar refractivity (Wildman–Crippen MR) is 74.0 cm³/mol. The average Bonchev–Trinajstić information content (AvgIpc) is 2.62. The van der Waals surface area contributed by atoms with Crippen LogP contribution in [0.4, 0.5) is 5.13 Å². The molecular formula is C11H8BrClN2OS. The van der Waals surface area contributed by atoms with E-state index in [0.717, 1.165) is 10.2 Å². The normalized spacial score (nSPS) is 10.3. The molecule has 0 atom stereocenters. The minimum atomic E-state index is -0.220. The van der Waals surface area contributed by atoms with Gasteiger partial charge in [0.2, 0.25) is 0 Å². The van der Waals surface area contributed by atoms with Crippen LogP contribution in [-0.4, -0.2) is 10.9 Å². The third kappa shape index (κ3) is 3.28. The van der Waals surface area contributed by atoms with Crippen molar-refractivity contribution in [3.8, 4) is 0 Å². The van der Waals surface area contributed by atoms with Crippen molar-refractivity contribution in [2.45, 2.75) is 6.92 Å². The number of aromatic nitrogens is 1. The molecule has 0 saturated heterocycles. The second-order valence-electron chi connectivity index (χ2n) is 3.41. The van der Waals surface area contributed by atoms with Gasteiger partial charge in [-0.2, -0.15) is 0 Å². The van der Waals surface area contributed by atoms with Gasteiger partial charge in [-0.1, -0.05) is 27.5 Å². The highest BCUT2D eigenvalue weighted by atomic mass is 79.9. The summed E-state index contributed by atoms with van der Waals surface area (Å²) in [5.74, 6) is -0.220. The van der Waals surface area contributed by atoms with E-state index in [4.69, 9.17) is 11.6 Å². The molecule has 17 heavy (non-hydrogen) atoms. The molecule has 6 heteroatoms. The maximum absolute atomic E-state index is 11.9. The molecule has 2 rings (SSSR count). The van der Waals surface area contributed by atoms with Gasteiger partial charge in [-0.25, -0.2) is 4.98 Å². The number of halogens is 2. The van der Waals surface area contributed by atoms with E-state index in [-0.39, 0.29) is 5.91 Å². The van der Waals surface area contributed by atoms with Gasteiger partial charge >= 0.3 is 0 Å². The molecule has 3 nitrogen and oxygen atoms in total. The Kier molecular flexibility index (Phi) is 3.81. The highest BCUT2D eigenvalue weighted by molar-refractivity contribution is 9.10. The summed E-state index contributed by atoms with van der Waals surface area (Å²) >= 11 is 10.6. The van der Waals surface area contributed by atoms with Gasteiger partial charge < -0.3 is 0 Å². The van der Waals surface area contributed by atoms with E-state index < -0.39 is 0 Å². The van der Waals surface area contributed by atoms with E-state index in [9.17, 15) is 4.79 Å². The fourth-order valence-electron chi connectivity index (χ4n) is 1.27. The predicted octanol–water partition coefficient (Wildman–Crippen LogP) is 4.12. The van der Waals surface area contributed by atoms with Crippen molar-refractivity contribution in [1.29, 1.82) is 0 Å². The SMILES string of the molecule is Cc1csc(NC(=O)c2cc(Cl)cc(Br)c2)n1. The number of benzene rings is 1. The summed E-state index contributed by atoms with van der Waals surface area (Å²) in [4.78, 5) is 16.1. The third-order valence-electron chi connectivity index (χ3n) is 1.96. The Morgan fingerprint density at radius 3 is 2.82 bits per heavy atom. The van der Waals surface area contributed by atoms with Crippen LogP contribution in [0.3, 0.4) is 0 Å². The molecule has 0 saturated carbocycles. The monoisotopic (exact) mass is 330 g/mol. The lowest BCUT2D eigenvalue weighted by Crippen LogP contribution is -2.11. The van der Waals surface area contributed by atoms with Gasteiger partial charge in [0.25, 0.3) is 5.91 Å². The maximum atomic E-state index is 11.9. The molecular weight excluding hydrogens is 324 g/mol. The van der Waals surface area contributed by atoms with Crippen LogP contribution >= 0.6 is 38.9 Å². The van der Waals surface area contributed by atoms with Crippen LogP contribution in [0.1, 0.15) is 16.1 Å². The van der Waals surface area contributed by atoms with E-state index in [2.05, 4.69) is 26.2 Å². The first-order valence-electron chi connectivity index (χ1n) is 4.74. The van der Waals surface area contributed by atoms with Crippen LogP contribution in [0.5, 0.6) is 0 Å². The van der Waals surface area contributed by atoms with Gasteiger partial charge in [-0.3, -0.25) is 10.1 Å². The highest BCUT2D eigenvalue weighted by Gasteiger charge is 2.09. The second-order valence-corrected chi connectivity index (χ2v) is 5.62. The summed E-state index contributed by atoms with van der Waals surface area (Å²) < 4.78 is 0.769. The Hall–Kier alpha value is -0.910. The minimum absolute atomic E-state index is 0.220. The lowest BCUT2D eigenvalue weighted by atomic mass is 10.2. The molecule has 88 valence electrons. The summed E-state index contributed by atoms with van der Waals surface area (Å²) in [6.45, 7) is 1.88. The quantitative estimate of drug-likeness (QED) is 0.899. The van der Waals surface area contributed by atoms with E-state index in [1.54, 1.807) is 18.2 Å². The van der Waals surface area contributed by atoms with Crippen LogP contribution in [0.15, 0.2) is 28.1 Å². The van der Waals surface area contributed by atoms with Crippen molar-refractivity contribution in [3.63, 3.8) is 0 Å². The molecule has 0 aliphatic heterocycles. The number of nitrogens with one attached hydrogen (secondary N) is 1. The van der Waals surface area contributed by atoms with Gasteiger partial charge in [0, 0.05) is 20.4 Å². The van der Waals surface area contributed by atoms with Crippen LogP contribution in [-0.2, 0) is 0 Å². The molecule has 1 aromatic carbocycles. The number of carbonyl (C=O) groups is 1. The van der Waals surface area contributed by atoms with E-state index in [0.29, 0.717) is 15.7 Å². The first-order valence-corrected chi connectivity index (χ1v) is 6.79. The van der Waals surface area contributed by atoms with Crippen molar-refractivity contribution in [2.24, 2.45) is 0 Å². The summed E-state index contributed by atoms with van der Waals surface area (Å²) in [6.07, 6.45) is 0. The molecule has 0 unspecified atom stereocenters. The lowest BCUT2D eigenvalue weighted by Gasteiger charge is -2.03. The summed E-state index contributed by atoms with van der Waals surface area (Å²) in [5, 5.41) is 5.70. The van der Waals surface area contributed by atoms with E-state index in [1.165, 1.54) is 11.3 Å². The van der Waals surface area contributed by atoms with Gasteiger partial charge in [-0.15, -0.1) is 11.3 Å². The zero-order chi connectivity index (χ0) is 12.4. The number of hydrogen-bond acceptors (Lipinski definition) is 3. The Morgan fingerprint density at radius 1 is 1.47 bits per heavy atom. The van der Waals surface area contributed by atoms with Gasteiger partial charge in [0.05, 0.1) is 5.69 Å². The largest absolute Gasteiger partial charge is 0.298 e. The zero-order valence-electron chi connectivity index (χ0n) is 8.83. The smallest absolute Gasteiger partial charge is 0.257 e. The second kappa shape index (κ2) is 5.16. The molecule has 1 amide bonds. The van der Waals surface area contributed by atoms with E-state index in [1.807, 2.05) is 12.3 Å². The Labute approximate surface area is 116 Å². The molecule has 0 fully saturated rings.